The maximum Gasteiger partial charge on any atom is 0.0520 e. The van der Waals surface area contributed by atoms with Crippen LogP contribution in [0.1, 0.15) is 52.9 Å². The van der Waals surface area contributed by atoms with E-state index in [-0.39, 0.29) is 6.10 Å². The third-order valence-corrected chi connectivity index (χ3v) is 6.67. The largest absolute Gasteiger partial charge is 0.393 e. The summed E-state index contributed by atoms with van der Waals surface area (Å²) in [5, 5.41) is 9.26. The highest BCUT2D eigenvalue weighted by molar-refractivity contribution is 7.99. The summed E-state index contributed by atoms with van der Waals surface area (Å²) in [6, 6.07) is 0. The van der Waals surface area contributed by atoms with Crippen LogP contribution in [0.15, 0.2) is 0 Å². The molecule has 0 saturated heterocycles. The van der Waals surface area contributed by atoms with Gasteiger partial charge in [-0.1, -0.05) is 13.8 Å². The Bertz CT molecular complexity index is 239. The van der Waals surface area contributed by atoms with Crippen molar-refractivity contribution in [2.75, 3.05) is 11.5 Å². The van der Waals surface area contributed by atoms with Gasteiger partial charge in [0.05, 0.1) is 6.10 Å². The minimum Gasteiger partial charge on any atom is -0.393 e. The fraction of sp³-hybridized carbons (Fsp3) is 1.00. The molecule has 94 valence electrons. The number of fused-ring (bicyclic) bond motifs is 2. The lowest BCUT2D eigenvalue weighted by Gasteiger charge is -2.38. The van der Waals surface area contributed by atoms with Crippen LogP contribution in [0.5, 0.6) is 0 Å². The predicted octanol–water partition coefficient (Wildman–Crippen LogP) is 3.71. The van der Waals surface area contributed by atoms with E-state index in [2.05, 4.69) is 25.6 Å². The molecule has 2 fully saturated rings. The molecule has 0 spiro atoms. The second kappa shape index (κ2) is 4.53. The fourth-order valence-corrected chi connectivity index (χ4v) is 5.52. The Hall–Kier alpha value is 0.310. The molecule has 0 unspecified atom stereocenters. The maximum absolute atomic E-state index is 9.26. The average molecular weight is 242 g/mol. The lowest BCUT2D eigenvalue weighted by atomic mass is 9.71. The molecule has 0 radical (unpaired) electrons. The fourth-order valence-electron chi connectivity index (χ4n) is 3.82. The molecule has 16 heavy (non-hydrogen) atoms. The first-order valence-electron chi connectivity index (χ1n) is 6.74. The highest BCUT2D eigenvalue weighted by Crippen LogP contribution is 2.66. The van der Waals surface area contributed by atoms with Crippen LogP contribution in [-0.4, -0.2) is 22.7 Å². The van der Waals surface area contributed by atoms with Gasteiger partial charge in [0.1, 0.15) is 0 Å². The average Bonchev–Trinajstić information content (AvgIpc) is 2.60. The van der Waals surface area contributed by atoms with Crippen molar-refractivity contribution in [3.8, 4) is 0 Å². The molecule has 0 aromatic heterocycles. The van der Waals surface area contributed by atoms with Crippen LogP contribution in [0, 0.1) is 16.7 Å². The Kier molecular flexibility index (Phi) is 3.61. The van der Waals surface area contributed by atoms with E-state index in [1.807, 2.05) is 6.92 Å². The second-order valence-corrected chi connectivity index (χ2v) is 7.57. The Morgan fingerprint density at radius 3 is 2.38 bits per heavy atom. The van der Waals surface area contributed by atoms with Crippen molar-refractivity contribution >= 4 is 11.8 Å². The van der Waals surface area contributed by atoms with E-state index < -0.39 is 0 Å². The van der Waals surface area contributed by atoms with Crippen LogP contribution in [-0.2, 0) is 0 Å². The molecule has 0 aromatic rings. The molecule has 0 heterocycles. The molecule has 1 atom stereocenters. The highest BCUT2D eigenvalue weighted by Gasteiger charge is 2.58. The van der Waals surface area contributed by atoms with Crippen molar-refractivity contribution in [3.63, 3.8) is 0 Å². The third kappa shape index (κ3) is 2.03. The molecule has 2 bridgehead atoms. The summed E-state index contributed by atoms with van der Waals surface area (Å²) in [4.78, 5) is 0. The Balaban J connectivity index is 1.84. The number of rotatable bonds is 5. The van der Waals surface area contributed by atoms with Crippen molar-refractivity contribution in [2.45, 2.75) is 59.0 Å². The number of hydrogen-bond donors (Lipinski definition) is 1. The van der Waals surface area contributed by atoms with E-state index in [0.29, 0.717) is 10.8 Å². The molecule has 2 rings (SSSR count). The quantitative estimate of drug-likeness (QED) is 0.742. The number of aliphatic hydroxyl groups excluding tert-OH is 1. The van der Waals surface area contributed by atoms with Gasteiger partial charge in [-0.3, -0.25) is 0 Å². The standard InChI is InChI=1S/C14H26OS/c1-11(15)6-9-16-10-14-7-4-12(5-8-14)13(14,2)3/h11-12,15H,4-10H2,1-3H3/t11-,12?,14?/m0/s1. The molecule has 0 aliphatic heterocycles. The summed E-state index contributed by atoms with van der Waals surface area (Å²) in [6.45, 7) is 6.88. The molecule has 1 N–H and O–H groups in total. The predicted molar refractivity (Wildman–Crippen MR) is 71.8 cm³/mol. The van der Waals surface area contributed by atoms with Crippen molar-refractivity contribution < 1.29 is 5.11 Å². The van der Waals surface area contributed by atoms with Crippen molar-refractivity contribution in [1.82, 2.24) is 0 Å². The van der Waals surface area contributed by atoms with Gasteiger partial charge in [0.25, 0.3) is 0 Å². The van der Waals surface area contributed by atoms with Gasteiger partial charge >= 0.3 is 0 Å². The summed E-state index contributed by atoms with van der Waals surface area (Å²) >= 11 is 2.07. The van der Waals surface area contributed by atoms with E-state index in [9.17, 15) is 5.11 Å². The van der Waals surface area contributed by atoms with E-state index in [1.54, 1.807) is 0 Å². The van der Waals surface area contributed by atoms with Gasteiger partial charge in [-0.25, -0.2) is 0 Å². The zero-order valence-corrected chi connectivity index (χ0v) is 11.8. The topological polar surface area (TPSA) is 20.2 Å². The zero-order valence-electron chi connectivity index (χ0n) is 11.0. The van der Waals surface area contributed by atoms with Crippen molar-refractivity contribution in [3.05, 3.63) is 0 Å². The van der Waals surface area contributed by atoms with E-state index in [4.69, 9.17) is 0 Å². The summed E-state index contributed by atoms with van der Waals surface area (Å²) < 4.78 is 0. The molecule has 2 saturated carbocycles. The van der Waals surface area contributed by atoms with E-state index in [0.717, 1.165) is 18.1 Å². The summed E-state index contributed by atoms with van der Waals surface area (Å²) in [5.74, 6) is 3.44. The van der Waals surface area contributed by atoms with Gasteiger partial charge in [0.15, 0.2) is 0 Å². The first-order valence-corrected chi connectivity index (χ1v) is 7.89. The highest BCUT2D eigenvalue weighted by atomic mass is 32.2. The molecule has 0 aromatic carbocycles. The van der Waals surface area contributed by atoms with Gasteiger partial charge in [0, 0.05) is 0 Å². The van der Waals surface area contributed by atoms with Crippen LogP contribution in [0.25, 0.3) is 0 Å². The minimum atomic E-state index is -0.127. The smallest absolute Gasteiger partial charge is 0.0520 e. The first-order chi connectivity index (χ1) is 7.48. The molecular weight excluding hydrogens is 216 g/mol. The zero-order chi connectivity index (χ0) is 11.8. The Morgan fingerprint density at radius 2 is 1.94 bits per heavy atom. The molecule has 2 heteroatoms. The lowest BCUT2D eigenvalue weighted by molar-refractivity contribution is 0.158. The molecular formula is C14H26OS. The Labute approximate surface area is 104 Å². The van der Waals surface area contributed by atoms with Crippen LogP contribution < -0.4 is 0 Å². The van der Waals surface area contributed by atoms with Gasteiger partial charge in [-0.05, 0) is 67.3 Å². The Morgan fingerprint density at radius 1 is 1.31 bits per heavy atom. The van der Waals surface area contributed by atoms with Crippen molar-refractivity contribution in [2.24, 2.45) is 16.7 Å². The van der Waals surface area contributed by atoms with Gasteiger partial charge < -0.3 is 5.11 Å². The third-order valence-electron chi connectivity index (χ3n) is 5.39. The van der Waals surface area contributed by atoms with Gasteiger partial charge in [0.2, 0.25) is 0 Å². The summed E-state index contributed by atoms with van der Waals surface area (Å²) in [7, 11) is 0. The van der Waals surface area contributed by atoms with Crippen LogP contribution in [0.4, 0.5) is 0 Å². The summed E-state index contributed by atoms with van der Waals surface area (Å²) in [5.41, 5.74) is 1.20. The lowest BCUT2D eigenvalue weighted by Crippen LogP contribution is -2.32. The van der Waals surface area contributed by atoms with E-state index in [1.165, 1.54) is 31.4 Å². The maximum atomic E-state index is 9.26. The number of aliphatic hydroxyl groups is 1. The van der Waals surface area contributed by atoms with Crippen LogP contribution in [0.2, 0.25) is 0 Å². The summed E-state index contributed by atoms with van der Waals surface area (Å²) in [6.07, 6.45) is 6.65. The molecule has 2 aliphatic carbocycles. The molecule has 1 nitrogen and oxygen atoms in total. The minimum absolute atomic E-state index is 0.127. The normalized spacial score (nSPS) is 37.9. The molecule has 2 aliphatic rings. The van der Waals surface area contributed by atoms with Crippen molar-refractivity contribution in [1.29, 1.82) is 0 Å². The van der Waals surface area contributed by atoms with E-state index >= 15 is 0 Å². The second-order valence-electron chi connectivity index (χ2n) is 6.47. The first kappa shape index (κ1) is 12.8. The van der Waals surface area contributed by atoms with Crippen LogP contribution in [0.3, 0.4) is 0 Å². The number of thioether (sulfide) groups is 1. The SMILES string of the molecule is C[C@H](O)CCSCC12CCC(CC1)C2(C)C. The van der Waals surface area contributed by atoms with Gasteiger partial charge in [-0.15, -0.1) is 0 Å². The number of hydrogen-bond acceptors (Lipinski definition) is 2. The van der Waals surface area contributed by atoms with Gasteiger partial charge in [-0.2, -0.15) is 11.8 Å². The van der Waals surface area contributed by atoms with Crippen LogP contribution >= 0.6 is 11.8 Å². The monoisotopic (exact) mass is 242 g/mol. The molecule has 0 amide bonds.